The molecular formula is C15H16BrN3O. The summed E-state index contributed by atoms with van der Waals surface area (Å²) in [6, 6.07) is 8.89. The molecule has 0 aliphatic heterocycles. The van der Waals surface area contributed by atoms with Crippen LogP contribution >= 0.6 is 15.9 Å². The number of hydrogen-bond donors (Lipinski definition) is 1. The van der Waals surface area contributed by atoms with Crippen LogP contribution < -0.4 is 10.9 Å². The molecule has 0 saturated heterocycles. The Balaban J connectivity index is 1.81. The van der Waals surface area contributed by atoms with Gasteiger partial charge in [-0.2, -0.15) is 5.10 Å². The minimum atomic E-state index is -0.119. The van der Waals surface area contributed by atoms with Crippen LogP contribution in [0.15, 0.2) is 39.7 Å². The number of anilines is 1. The van der Waals surface area contributed by atoms with Crippen LogP contribution in [0.5, 0.6) is 0 Å². The molecule has 0 bridgehead atoms. The first-order chi connectivity index (χ1) is 9.65. The first-order valence-corrected chi connectivity index (χ1v) is 7.49. The summed E-state index contributed by atoms with van der Waals surface area (Å²) in [4.78, 5) is 11.8. The van der Waals surface area contributed by atoms with Crippen molar-refractivity contribution in [2.45, 2.75) is 25.3 Å². The van der Waals surface area contributed by atoms with Gasteiger partial charge in [0, 0.05) is 13.1 Å². The van der Waals surface area contributed by atoms with Crippen molar-refractivity contribution in [3.8, 4) is 0 Å². The van der Waals surface area contributed by atoms with Gasteiger partial charge in [0.1, 0.15) is 4.47 Å². The molecule has 2 aromatic rings. The second kappa shape index (κ2) is 5.40. The zero-order valence-electron chi connectivity index (χ0n) is 11.3. The number of fused-ring (bicyclic) bond motifs is 1. The minimum Gasteiger partial charge on any atom is -0.380 e. The Morgan fingerprint density at radius 1 is 1.35 bits per heavy atom. The molecular weight excluding hydrogens is 318 g/mol. The Labute approximate surface area is 126 Å². The molecule has 1 atom stereocenters. The Bertz CT molecular complexity index is 696. The van der Waals surface area contributed by atoms with Crippen molar-refractivity contribution in [2.75, 3.05) is 5.32 Å². The van der Waals surface area contributed by atoms with Crippen LogP contribution in [0, 0.1) is 0 Å². The van der Waals surface area contributed by atoms with Crippen LogP contribution in [-0.2, 0) is 19.9 Å². The number of nitrogens with zero attached hydrogens (tertiary/aromatic N) is 2. The number of benzene rings is 1. The fraction of sp³-hybridized carbons (Fsp3) is 0.333. The van der Waals surface area contributed by atoms with Crippen molar-refractivity contribution >= 4 is 21.6 Å². The average molecular weight is 334 g/mol. The molecule has 1 N–H and O–H groups in total. The molecule has 1 heterocycles. The van der Waals surface area contributed by atoms with Gasteiger partial charge in [0.05, 0.1) is 11.9 Å². The largest absolute Gasteiger partial charge is 0.380 e. The first-order valence-electron chi connectivity index (χ1n) is 6.70. The van der Waals surface area contributed by atoms with Gasteiger partial charge >= 0.3 is 0 Å². The van der Waals surface area contributed by atoms with Gasteiger partial charge in [-0.1, -0.05) is 24.3 Å². The lowest BCUT2D eigenvalue weighted by molar-refractivity contribution is 0.608. The molecule has 5 heteroatoms. The third-order valence-electron chi connectivity index (χ3n) is 3.78. The van der Waals surface area contributed by atoms with E-state index in [-0.39, 0.29) is 5.56 Å². The number of hydrogen-bond acceptors (Lipinski definition) is 3. The summed E-state index contributed by atoms with van der Waals surface area (Å²) in [7, 11) is 1.65. The number of aryl methyl sites for hydroxylation is 2. The number of aromatic nitrogens is 2. The van der Waals surface area contributed by atoms with Gasteiger partial charge in [-0.15, -0.1) is 0 Å². The molecule has 0 amide bonds. The Morgan fingerprint density at radius 2 is 2.10 bits per heavy atom. The molecule has 1 aromatic heterocycles. The van der Waals surface area contributed by atoms with E-state index in [1.54, 1.807) is 13.2 Å². The molecule has 20 heavy (non-hydrogen) atoms. The van der Waals surface area contributed by atoms with Crippen molar-refractivity contribution < 1.29 is 0 Å². The number of halogens is 1. The van der Waals surface area contributed by atoms with Crippen LogP contribution in [-0.4, -0.2) is 15.8 Å². The van der Waals surface area contributed by atoms with Gasteiger partial charge in [-0.25, -0.2) is 4.68 Å². The van der Waals surface area contributed by atoms with Crippen molar-refractivity contribution in [2.24, 2.45) is 7.05 Å². The Kier molecular flexibility index (Phi) is 3.61. The Hall–Kier alpha value is -1.62. The SMILES string of the molecule is Cn1ncc(NC2CCc3ccccc3C2)c(Br)c1=O. The number of rotatable bonds is 2. The molecule has 4 nitrogen and oxygen atoms in total. The van der Waals surface area contributed by atoms with Gasteiger partial charge in [0.2, 0.25) is 0 Å². The third kappa shape index (κ3) is 2.50. The lowest BCUT2D eigenvalue weighted by atomic mass is 9.88. The zero-order chi connectivity index (χ0) is 14.1. The Morgan fingerprint density at radius 3 is 2.90 bits per heavy atom. The lowest BCUT2D eigenvalue weighted by Crippen LogP contribution is -2.29. The third-order valence-corrected chi connectivity index (χ3v) is 4.55. The van der Waals surface area contributed by atoms with E-state index in [9.17, 15) is 4.79 Å². The van der Waals surface area contributed by atoms with Crippen molar-refractivity contribution in [3.05, 3.63) is 56.4 Å². The highest BCUT2D eigenvalue weighted by Crippen LogP contribution is 2.25. The van der Waals surface area contributed by atoms with E-state index in [4.69, 9.17) is 0 Å². The van der Waals surface area contributed by atoms with E-state index < -0.39 is 0 Å². The van der Waals surface area contributed by atoms with Crippen LogP contribution in [0.3, 0.4) is 0 Å². The lowest BCUT2D eigenvalue weighted by Gasteiger charge is -2.26. The van der Waals surface area contributed by atoms with Crippen LogP contribution in [0.1, 0.15) is 17.5 Å². The second-order valence-corrected chi connectivity index (χ2v) is 5.95. The van der Waals surface area contributed by atoms with Crippen LogP contribution in [0.4, 0.5) is 5.69 Å². The van der Waals surface area contributed by atoms with E-state index in [1.807, 2.05) is 0 Å². The molecule has 3 rings (SSSR count). The summed E-state index contributed by atoms with van der Waals surface area (Å²) in [5, 5.41) is 7.50. The highest BCUT2D eigenvalue weighted by molar-refractivity contribution is 9.10. The molecule has 1 aliphatic rings. The molecule has 0 spiro atoms. The summed E-state index contributed by atoms with van der Waals surface area (Å²) in [5.41, 5.74) is 3.49. The molecule has 1 aliphatic carbocycles. The molecule has 0 saturated carbocycles. The molecule has 0 fully saturated rings. The maximum atomic E-state index is 11.8. The smallest absolute Gasteiger partial charge is 0.282 e. The van der Waals surface area contributed by atoms with Crippen molar-refractivity contribution in [3.63, 3.8) is 0 Å². The first kappa shape index (κ1) is 13.4. The predicted octanol–water partition coefficient (Wildman–Crippen LogP) is 2.51. The zero-order valence-corrected chi connectivity index (χ0v) is 12.9. The fourth-order valence-electron chi connectivity index (χ4n) is 2.65. The van der Waals surface area contributed by atoms with Crippen LogP contribution in [0.25, 0.3) is 0 Å². The van der Waals surface area contributed by atoms with Gasteiger partial charge in [-0.3, -0.25) is 4.79 Å². The predicted molar refractivity (Wildman–Crippen MR) is 83.1 cm³/mol. The second-order valence-electron chi connectivity index (χ2n) is 5.15. The van der Waals surface area contributed by atoms with Gasteiger partial charge in [0.15, 0.2) is 0 Å². The van der Waals surface area contributed by atoms with Gasteiger partial charge in [0.25, 0.3) is 5.56 Å². The summed E-state index contributed by atoms with van der Waals surface area (Å²) in [5.74, 6) is 0. The van der Waals surface area contributed by atoms with E-state index in [0.29, 0.717) is 10.5 Å². The highest BCUT2D eigenvalue weighted by Gasteiger charge is 2.19. The van der Waals surface area contributed by atoms with Crippen LogP contribution in [0.2, 0.25) is 0 Å². The average Bonchev–Trinajstić information content (AvgIpc) is 2.48. The maximum absolute atomic E-state index is 11.8. The van der Waals surface area contributed by atoms with Gasteiger partial charge in [-0.05, 0) is 46.3 Å². The standard InChI is InChI=1S/C15H16BrN3O/c1-19-15(20)14(16)13(9-17-19)18-12-7-6-10-4-2-3-5-11(10)8-12/h2-5,9,12,18H,6-8H2,1H3. The minimum absolute atomic E-state index is 0.119. The van der Waals surface area contributed by atoms with Crippen molar-refractivity contribution in [1.82, 2.24) is 9.78 Å². The van der Waals surface area contributed by atoms with E-state index >= 15 is 0 Å². The molecule has 1 aromatic carbocycles. The fourth-order valence-corrected chi connectivity index (χ4v) is 3.13. The topological polar surface area (TPSA) is 46.9 Å². The maximum Gasteiger partial charge on any atom is 0.282 e. The van der Waals surface area contributed by atoms with E-state index in [2.05, 4.69) is 50.6 Å². The summed E-state index contributed by atoms with van der Waals surface area (Å²) in [6.07, 6.45) is 4.83. The molecule has 104 valence electrons. The van der Waals surface area contributed by atoms with E-state index in [1.165, 1.54) is 15.8 Å². The monoisotopic (exact) mass is 333 g/mol. The van der Waals surface area contributed by atoms with Gasteiger partial charge < -0.3 is 5.32 Å². The summed E-state index contributed by atoms with van der Waals surface area (Å²) < 4.78 is 1.87. The normalized spacial score (nSPS) is 17.6. The number of nitrogens with one attached hydrogen (secondary N) is 1. The summed E-state index contributed by atoms with van der Waals surface area (Å²) in [6.45, 7) is 0. The quantitative estimate of drug-likeness (QED) is 0.918. The van der Waals surface area contributed by atoms with E-state index in [0.717, 1.165) is 24.9 Å². The van der Waals surface area contributed by atoms with Crippen molar-refractivity contribution in [1.29, 1.82) is 0 Å². The molecule has 0 radical (unpaired) electrons. The summed E-state index contributed by atoms with van der Waals surface area (Å²) >= 11 is 3.35. The highest BCUT2D eigenvalue weighted by atomic mass is 79.9. The molecule has 1 unspecified atom stereocenters.